The first-order valence-corrected chi connectivity index (χ1v) is 9.41. The second kappa shape index (κ2) is 5.74. The summed E-state index contributed by atoms with van der Waals surface area (Å²) in [5, 5.41) is 8.32. The maximum absolute atomic E-state index is 12.6. The van der Waals surface area contributed by atoms with Crippen molar-refractivity contribution in [2.45, 2.75) is 69.9 Å². The number of imide groups is 1. The average Bonchev–Trinajstić information content (AvgIpc) is 3.23. The number of fused-ring (bicyclic) bond motifs is 2. The van der Waals surface area contributed by atoms with E-state index in [1.165, 1.54) is 25.7 Å². The van der Waals surface area contributed by atoms with Gasteiger partial charge >= 0.3 is 6.03 Å². The van der Waals surface area contributed by atoms with E-state index in [-0.39, 0.29) is 23.8 Å². The maximum atomic E-state index is 12.6. The molecule has 6 nitrogen and oxygen atoms in total. The van der Waals surface area contributed by atoms with Crippen molar-refractivity contribution in [2.75, 3.05) is 0 Å². The van der Waals surface area contributed by atoms with Crippen molar-refractivity contribution in [2.24, 2.45) is 23.7 Å². The van der Waals surface area contributed by atoms with Crippen molar-refractivity contribution in [3.05, 3.63) is 0 Å². The third-order valence-corrected chi connectivity index (χ3v) is 7.03. The Morgan fingerprint density at radius 3 is 2.46 bits per heavy atom. The van der Waals surface area contributed by atoms with Gasteiger partial charge in [0.2, 0.25) is 5.91 Å². The van der Waals surface area contributed by atoms with Crippen LogP contribution < -0.4 is 16.0 Å². The largest absolute Gasteiger partial charge is 0.353 e. The molecule has 4 amide bonds. The Morgan fingerprint density at radius 1 is 1.17 bits per heavy atom. The molecule has 0 unspecified atom stereocenters. The van der Waals surface area contributed by atoms with Gasteiger partial charge in [0.15, 0.2) is 0 Å². The maximum Gasteiger partial charge on any atom is 0.322 e. The van der Waals surface area contributed by atoms with E-state index in [4.69, 9.17) is 0 Å². The number of hydrogen-bond acceptors (Lipinski definition) is 3. The molecule has 24 heavy (non-hydrogen) atoms. The Labute approximate surface area is 142 Å². The Bertz CT molecular complexity index is 568. The summed E-state index contributed by atoms with van der Waals surface area (Å²) in [4.78, 5) is 36.0. The second-order valence-corrected chi connectivity index (χ2v) is 8.40. The minimum atomic E-state index is -0.774. The molecule has 132 valence electrons. The summed E-state index contributed by atoms with van der Waals surface area (Å²) in [6.45, 7) is 2.15. The predicted molar refractivity (Wildman–Crippen MR) is 87.9 cm³/mol. The van der Waals surface area contributed by atoms with Gasteiger partial charge in [-0.25, -0.2) is 4.79 Å². The van der Waals surface area contributed by atoms with Gasteiger partial charge in [0, 0.05) is 12.0 Å². The average molecular weight is 333 g/mol. The Morgan fingerprint density at radius 2 is 1.92 bits per heavy atom. The van der Waals surface area contributed by atoms with Crippen LogP contribution in [0.1, 0.15) is 58.3 Å². The zero-order chi connectivity index (χ0) is 16.9. The van der Waals surface area contributed by atoms with Crippen LogP contribution >= 0.6 is 0 Å². The lowest BCUT2D eigenvalue weighted by Gasteiger charge is -2.35. The van der Waals surface area contributed by atoms with Crippen LogP contribution in [-0.2, 0) is 9.59 Å². The highest BCUT2D eigenvalue weighted by molar-refractivity contribution is 6.07. The number of urea groups is 1. The van der Waals surface area contributed by atoms with Gasteiger partial charge in [-0.1, -0.05) is 6.42 Å². The minimum absolute atomic E-state index is 0.0398. The third-order valence-electron chi connectivity index (χ3n) is 7.03. The normalized spacial score (nSPS) is 42.0. The molecule has 4 fully saturated rings. The first kappa shape index (κ1) is 15.9. The van der Waals surface area contributed by atoms with Crippen LogP contribution in [0.5, 0.6) is 0 Å². The first-order chi connectivity index (χ1) is 11.5. The zero-order valence-corrected chi connectivity index (χ0v) is 14.3. The molecule has 0 aromatic rings. The molecule has 4 rings (SSSR count). The highest BCUT2D eigenvalue weighted by Gasteiger charge is 2.49. The van der Waals surface area contributed by atoms with Gasteiger partial charge in [-0.2, -0.15) is 0 Å². The van der Waals surface area contributed by atoms with E-state index in [0.717, 1.165) is 11.8 Å². The van der Waals surface area contributed by atoms with Crippen LogP contribution in [0.3, 0.4) is 0 Å². The topological polar surface area (TPSA) is 87.3 Å². The SMILES string of the molecule is C[C@H](NC(=O)C1CCC2(CC1)NC(=O)NC2=O)[C@H]1C[C@H]2CC[C@H]1C2. The van der Waals surface area contributed by atoms with Gasteiger partial charge < -0.3 is 10.6 Å². The quantitative estimate of drug-likeness (QED) is 0.687. The third kappa shape index (κ3) is 2.60. The van der Waals surface area contributed by atoms with Crippen molar-refractivity contribution in [3.63, 3.8) is 0 Å². The van der Waals surface area contributed by atoms with Crippen LogP contribution in [0.4, 0.5) is 4.79 Å². The van der Waals surface area contributed by atoms with E-state index < -0.39 is 11.6 Å². The molecular weight excluding hydrogens is 306 g/mol. The molecular formula is C18H27N3O3. The van der Waals surface area contributed by atoms with Crippen molar-refractivity contribution in [1.29, 1.82) is 0 Å². The number of hydrogen-bond donors (Lipinski definition) is 3. The van der Waals surface area contributed by atoms with Gasteiger partial charge in [0.25, 0.3) is 5.91 Å². The summed E-state index contributed by atoms with van der Waals surface area (Å²) >= 11 is 0. The zero-order valence-electron chi connectivity index (χ0n) is 14.3. The van der Waals surface area contributed by atoms with Gasteiger partial charge in [-0.15, -0.1) is 0 Å². The van der Waals surface area contributed by atoms with E-state index in [1.54, 1.807) is 0 Å². The molecule has 1 spiro atoms. The van der Waals surface area contributed by atoms with Crippen molar-refractivity contribution in [3.8, 4) is 0 Å². The monoisotopic (exact) mass is 333 g/mol. The fraction of sp³-hybridized carbons (Fsp3) is 0.833. The van der Waals surface area contributed by atoms with Gasteiger partial charge in [-0.3, -0.25) is 14.9 Å². The first-order valence-electron chi connectivity index (χ1n) is 9.41. The molecule has 0 radical (unpaired) electrons. The Hall–Kier alpha value is -1.59. The van der Waals surface area contributed by atoms with E-state index in [2.05, 4.69) is 22.9 Å². The summed E-state index contributed by atoms with van der Waals surface area (Å²) < 4.78 is 0. The summed E-state index contributed by atoms with van der Waals surface area (Å²) in [5.41, 5.74) is -0.774. The molecule has 4 atom stereocenters. The smallest absolute Gasteiger partial charge is 0.322 e. The summed E-state index contributed by atoms with van der Waals surface area (Å²) in [6.07, 6.45) is 7.73. The molecule has 1 aliphatic heterocycles. The fourth-order valence-electron chi connectivity index (χ4n) is 5.61. The molecule has 4 aliphatic rings. The van der Waals surface area contributed by atoms with E-state index in [0.29, 0.717) is 31.6 Å². The van der Waals surface area contributed by atoms with Crippen molar-refractivity contribution in [1.82, 2.24) is 16.0 Å². The summed E-state index contributed by atoms with van der Waals surface area (Å²) in [6, 6.07) is -0.161. The number of amides is 4. The Balaban J connectivity index is 1.30. The number of rotatable bonds is 3. The van der Waals surface area contributed by atoms with Gasteiger partial charge in [0.05, 0.1) is 0 Å². The lowest BCUT2D eigenvalue weighted by atomic mass is 9.76. The number of carbonyl (C=O) groups excluding carboxylic acids is 3. The predicted octanol–water partition coefficient (Wildman–Crippen LogP) is 1.70. The lowest BCUT2D eigenvalue weighted by Crippen LogP contribution is -2.51. The molecule has 6 heteroatoms. The van der Waals surface area contributed by atoms with Crippen molar-refractivity contribution >= 4 is 17.8 Å². The lowest BCUT2D eigenvalue weighted by molar-refractivity contribution is -0.131. The van der Waals surface area contributed by atoms with Crippen LogP contribution in [0.15, 0.2) is 0 Å². The summed E-state index contributed by atoms with van der Waals surface area (Å²) in [5.74, 6) is 2.19. The van der Waals surface area contributed by atoms with Crippen molar-refractivity contribution < 1.29 is 14.4 Å². The van der Waals surface area contributed by atoms with Gasteiger partial charge in [0.1, 0.15) is 5.54 Å². The molecule has 0 aromatic carbocycles. The highest BCUT2D eigenvalue weighted by Crippen LogP contribution is 2.49. The van der Waals surface area contributed by atoms with Gasteiger partial charge in [-0.05, 0) is 69.6 Å². The molecule has 1 saturated heterocycles. The molecule has 3 N–H and O–H groups in total. The Kier molecular flexibility index (Phi) is 3.81. The standard InChI is InChI=1S/C18H27N3O3/c1-10(14-9-11-2-3-13(14)8-11)19-15(22)12-4-6-18(7-5-12)16(23)20-17(24)21-18/h10-14H,2-9H2,1H3,(H,19,22)(H2,20,21,23,24)/t10-,11-,12?,13-,14+,18?/m0/s1. The van der Waals surface area contributed by atoms with E-state index in [1.807, 2.05) is 0 Å². The van der Waals surface area contributed by atoms with E-state index >= 15 is 0 Å². The highest BCUT2D eigenvalue weighted by atomic mass is 16.2. The fourth-order valence-corrected chi connectivity index (χ4v) is 5.61. The molecule has 1 heterocycles. The molecule has 3 aliphatic carbocycles. The van der Waals surface area contributed by atoms with Crippen LogP contribution in [0.25, 0.3) is 0 Å². The van der Waals surface area contributed by atoms with Crippen LogP contribution in [0, 0.1) is 23.7 Å². The molecule has 2 bridgehead atoms. The number of nitrogens with one attached hydrogen (secondary N) is 3. The summed E-state index contributed by atoms with van der Waals surface area (Å²) in [7, 11) is 0. The molecule has 3 saturated carbocycles. The minimum Gasteiger partial charge on any atom is -0.353 e. The molecule has 0 aromatic heterocycles. The van der Waals surface area contributed by atoms with Crippen LogP contribution in [0.2, 0.25) is 0 Å². The van der Waals surface area contributed by atoms with Crippen LogP contribution in [-0.4, -0.2) is 29.4 Å². The van der Waals surface area contributed by atoms with E-state index in [9.17, 15) is 14.4 Å². The number of carbonyl (C=O) groups is 3. The second-order valence-electron chi connectivity index (χ2n) is 8.40.